The molecule has 0 atom stereocenters. The lowest BCUT2D eigenvalue weighted by atomic mass is 10.1. The lowest BCUT2D eigenvalue weighted by Gasteiger charge is -2.36. The Kier molecular flexibility index (Phi) is 7.83. The highest BCUT2D eigenvalue weighted by Gasteiger charge is 2.23. The minimum Gasteiger partial charge on any atom is -0.376 e. The number of piperazine rings is 1. The van der Waals surface area contributed by atoms with Gasteiger partial charge in [-0.05, 0) is 49.6 Å². The van der Waals surface area contributed by atoms with E-state index in [1.165, 1.54) is 0 Å². The summed E-state index contributed by atoms with van der Waals surface area (Å²) in [5.74, 6) is 0.460. The number of aromatic nitrogens is 3. The van der Waals surface area contributed by atoms with Crippen LogP contribution in [0.4, 0.5) is 16.2 Å². The van der Waals surface area contributed by atoms with E-state index in [0.717, 1.165) is 47.4 Å². The monoisotopic (exact) mass is 529 g/mol. The summed E-state index contributed by atoms with van der Waals surface area (Å²) in [6.45, 7) is 7.64. The number of carbonyl (C=O) groups excluding carboxylic acids is 1. The summed E-state index contributed by atoms with van der Waals surface area (Å²) in [5.41, 5.74) is 5.57. The van der Waals surface area contributed by atoms with Crippen LogP contribution in [-0.4, -0.2) is 77.0 Å². The molecule has 1 aliphatic heterocycles. The van der Waals surface area contributed by atoms with E-state index in [1.807, 2.05) is 49.1 Å². The Hall–Kier alpha value is -4.31. The van der Waals surface area contributed by atoms with Crippen LogP contribution in [0.15, 0.2) is 59.5 Å². The zero-order chi connectivity index (χ0) is 27.4. The molecule has 39 heavy (non-hydrogen) atoms. The van der Waals surface area contributed by atoms with Gasteiger partial charge in [-0.1, -0.05) is 30.3 Å². The van der Waals surface area contributed by atoms with E-state index >= 15 is 0 Å². The second kappa shape index (κ2) is 11.6. The van der Waals surface area contributed by atoms with E-state index in [-0.39, 0.29) is 18.3 Å². The number of rotatable bonds is 8. The van der Waals surface area contributed by atoms with Gasteiger partial charge in [0.15, 0.2) is 0 Å². The highest BCUT2D eigenvalue weighted by Crippen LogP contribution is 2.31. The van der Waals surface area contributed by atoms with Crippen LogP contribution in [0.5, 0.6) is 0 Å². The van der Waals surface area contributed by atoms with E-state index in [2.05, 4.69) is 32.3 Å². The third-order valence-electron chi connectivity index (χ3n) is 7.22. The average Bonchev–Trinajstić information content (AvgIpc) is 3.39. The fraction of sp³-hybridized carbons (Fsp3) is 0.345. The summed E-state index contributed by atoms with van der Waals surface area (Å²) < 4.78 is 0. The van der Waals surface area contributed by atoms with Gasteiger partial charge in [0.05, 0.1) is 16.7 Å². The number of nitrogens with one attached hydrogen (secondary N) is 3. The third-order valence-corrected chi connectivity index (χ3v) is 7.22. The van der Waals surface area contributed by atoms with Crippen molar-refractivity contribution in [1.29, 1.82) is 0 Å². The summed E-state index contributed by atoms with van der Waals surface area (Å²) in [6.07, 6.45) is 2.32. The number of anilines is 2. The van der Waals surface area contributed by atoms with Crippen molar-refractivity contribution >= 4 is 28.4 Å². The molecule has 4 N–H and O–H groups in total. The summed E-state index contributed by atoms with van der Waals surface area (Å²) in [7, 11) is 0. The van der Waals surface area contributed by atoms with Crippen molar-refractivity contribution in [2.75, 3.05) is 55.8 Å². The van der Waals surface area contributed by atoms with Crippen molar-refractivity contribution in [1.82, 2.24) is 25.2 Å². The molecule has 2 amide bonds. The molecule has 0 bridgehead atoms. The van der Waals surface area contributed by atoms with Gasteiger partial charge < -0.3 is 35.1 Å². The molecule has 0 unspecified atom stereocenters. The van der Waals surface area contributed by atoms with Crippen LogP contribution >= 0.6 is 0 Å². The highest BCUT2D eigenvalue weighted by atomic mass is 16.3. The number of hydrogen-bond acceptors (Lipinski definition) is 6. The lowest BCUT2D eigenvalue weighted by molar-refractivity contribution is 0.195. The first-order valence-electron chi connectivity index (χ1n) is 13.4. The number of pyridine rings is 1. The fourth-order valence-electron chi connectivity index (χ4n) is 5.14. The molecule has 1 saturated heterocycles. The molecule has 2 aromatic heterocycles. The fourth-order valence-corrected chi connectivity index (χ4v) is 5.14. The van der Waals surface area contributed by atoms with Crippen LogP contribution in [-0.2, 0) is 6.42 Å². The van der Waals surface area contributed by atoms with Crippen LogP contribution < -0.4 is 20.7 Å². The van der Waals surface area contributed by atoms with Crippen molar-refractivity contribution in [3.8, 4) is 11.4 Å². The Morgan fingerprint density at radius 1 is 1.13 bits per heavy atom. The molecule has 0 spiro atoms. The first kappa shape index (κ1) is 26.3. The number of aromatic amines is 2. The van der Waals surface area contributed by atoms with Crippen molar-refractivity contribution < 1.29 is 9.90 Å². The van der Waals surface area contributed by atoms with Gasteiger partial charge >= 0.3 is 6.03 Å². The molecule has 1 fully saturated rings. The summed E-state index contributed by atoms with van der Waals surface area (Å²) in [6, 6.07) is 16.0. The first-order chi connectivity index (χ1) is 19.0. The maximum Gasteiger partial charge on any atom is 0.317 e. The van der Waals surface area contributed by atoms with Gasteiger partial charge in [-0.3, -0.25) is 4.79 Å². The molecular weight excluding hydrogens is 494 g/mol. The highest BCUT2D eigenvalue weighted by molar-refractivity contribution is 5.87. The van der Waals surface area contributed by atoms with Gasteiger partial charge in [0.25, 0.3) is 5.56 Å². The van der Waals surface area contributed by atoms with Crippen LogP contribution in [0.1, 0.15) is 18.1 Å². The second-order valence-corrected chi connectivity index (χ2v) is 9.76. The molecule has 10 heteroatoms. The Morgan fingerprint density at radius 3 is 2.62 bits per heavy atom. The summed E-state index contributed by atoms with van der Waals surface area (Å²) in [5, 5.41) is 13.1. The van der Waals surface area contributed by atoms with E-state index in [1.54, 1.807) is 17.2 Å². The van der Waals surface area contributed by atoms with Gasteiger partial charge in [-0.15, -0.1) is 0 Å². The normalized spacial score (nSPS) is 13.6. The minimum absolute atomic E-state index is 0.0217. The molecule has 5 rings (SSSR count). The van der Waals surface area contributed by atoms with Crippen molar-refractivity contribution in [2.24, 2.45) is 0 Å². The predicted octanol–water partition coefficient (Wildman–Crippen LogP) is 3.08. The number of fused-ring (bicyclic) bond motifs is 1. The number of benzene rings is 2. The average molecular weight is 530 g/mol. The second-order valence-electron chi connectivity index (χ2n) is 9.76. The minimum atomic E-state index is -0.274. The molecular formula is C29H35N7O3. The topological polar surface area (TPSA) is 121 Å². The van der Waals surface area contributed by atoms with Gasteiger partial charge in [-0.25, -0.2) is 9.78 Å². The van der Waals surface area contributed by atoms with E-state index in [0.29, 0.717) is 43.3 Å². The SMILES string of the molecule is CCNC(=O)N1CCN(c2cc(C)c3nc(-c4c(N(CO)CCc5ccccc5)cc[nH]c4=O)[nH]c3c2)CC1. The molecule has 2 aromatic carbocycles. The number of aryl methyl sites for hydroxylation is 1. The van der Waals surface area contributed by atoms with Crippen LogP contribution in [0.3, 0.4) is 0 Å². The van der Waals surface area contributed by atoms with Crippen LogP contribution in [0, 0.1) is 6.92 Å². The maximum atomic E-state index is 13.1. The largest absolute Gasteiger partial charge is 0.376 e. The molecule has 4 aromatic rings. The molecule has 0 aliphatic carbocycles. The predicted molar refractivity (Wildman–Crippen MR) is 154 cm³/mol. The van der Waals surface area contributed by atoms with E-state index in [4.69, 9.17) is 4.98 Å². The van der Waals surface area contributed by atoms with Crippen molar-refractivity contribution in [3.63, 3.8) is 0 Å². The zero-order valence-corrected chi connectivity index (χ0v) is 22.4. The molecule has 10 nitrogen and oxygen atoms in total. The summed E-state index contributed by atoms with van der Waals surface area (Å²) >= 11 is 0. The Labute approximate surface area is 227 Å². The van der Waals surface area contributed by atoms with Gasteiger partial charge in [-0.2, -0.15) is 0 Å². The number of hydrogen-bond donors (Lipinski definition) is 4. The molecule has 0 saturated carbocycles. The number of urea groups is 1. The zero-order valence-electron chi connectivity index (χ0n) is 22.4. The standard InChI is InChI=1S/C29H35N7O3/c1-3-30-29(39)35-15-13-34(14-16-35)22-17-20(2)26-23(18-22)32-27(33-26)25-24(9-11-31-28(25)38)36(19-37)12-10-21-7-5-4-6-8-21/h4-9,11,17-18,37H,3,10,12-16,19H2,1-2H3,(H,30,39)(H,31,38)(H,32,33). The maximum absolute atomic E-state index is 13.1. The smallest absolute Gasteiger partial charge is 0.317 e. The quantitative estimate of drug-likeness (QED) is 0.261. The molecule has 0 radical (unpaired) electrons. The molecule has 3 heterocycles. The Bertz CT molecular complexity index is 1490. The van der Waals surface area contributed by atoms with Gasteiger partial charge in [0.2, 0.25) is 0 Å². The number of imidazole rings is 1. The number of amides is 2. The van der Waals surface area contributed by atoms with E-state index < -0.39 is 0 Å². The first-order valence-corrected chi connectivity index (χ1v) is 13.4. The third kappa shape index (κ3) is 5.61. The number of nitrogens with zero attached hydrogens (tertiary/aromatic N) is 4. The Morgan fingerprint density at radius 2 is 1.90 bits per heavy atom. The lowest BCUT2D eigenvalue weighted by Crippen LogP contribution is -2.51. The van der Waals surface area contributed by atoms with Crippen LogP contribution in [0.25, 0.3) is 22.4 Å². The molecule has 204 valence electrons. The van der Waals surface area contributed by atoms with Crippen molar-refractivity contribution in [3.05, 3.63) is 76.2 Å². The van der Waals surface area contributed by atoms with Gasteiger partial charge in [0.1, 0.15) is 18.1 Å². The number of aliphatic hydroxyl groups is 1. The van der Waals surface area contributed by atoms with Gasteiger partial charge in [0, 0.05) is 51.2 Å². The number of aliphatic hydroxyl groups excluding tert-OH is 1. The number of carbonyl (C=O) groups is 1. The summed E-state index contributed by atoms with van der Waals surface area (Å²) in [4.78, 5) is 42.1. The van der Waals surface area contributed by atoms with E-state index in [9.17, 15) is 14.7 Å². The molecule has 1 aliphatic rings. The van der Waals surface area contributed by atoms with Crippen LogP contribution in [0.2, 0.25) is 0 Å². The Balaban J connectivity index is 1.42. The van der Waals surface area contributed by atoms with Crippen molar-refractivity contribution in [2.45, 2.75) is 20.3 Å². The number of H-pyrrole nitrogens is 2.